The summed E-state index contributed by atoms with van der Waals surface area (Å²) in [5.74, 6) is 0.229. The highest BCUT2D eigenvalue weighted by molar-refractivity contribution is 6.03. The van der Waals surface area contributed by atoms with Gasteiger partial charge >= 0.3 is 0 Å². The van der Waals surface area contributed by atoms with Crippen LogP contribution in [0.3, 0.4) is 0 Å². The van der Waals surface area contributed by atoms with Crippen LogP contribution in [-0.2, 0) is 0 Å². The maximum Gasteiger partial charge on any atom is 0.289 e. The molecule has 1 N–H and O–H groups in total. The Balaban J connectivity index is 1.67. The first-order valence-electron chi connectivity index (χ1n) is 7.24. The van der Waals surface area contributed by atoms with Crippen molar-refractivity contribution in [3.63, 3.8) is 0 Å². The number of para-hydroxylation sites is 1. The Hall–Kier alpha value is -3.22. The van der Waals surface area contributed by atoms with Gasteiger partial charge in [0.05, 0.1) is 5.69 Å². The minimum atomic E-state index is -0.168. The number of rotatable bonds is 3. The van der Waals surface area contributed by atoms with Gasteiger partial charge in [-0.3, -0.25) is 4.98 Å². The molecule has 23 heavy (non-hydrogen) atoms. The molecule has 0 fully saturated rings. The minimum absolute atomic E-state index is 0.168. The first-order valence-corrected chi connectivity index (χ1v) is 7.24. The van der Waals surface area contributed by atoms with Crippen molar-refractivity contribution >= 4 is 28.0 Å². The molecular formula is C16H13N7. The average Bonchev–Trinajstić information content (AvgIpc) is 2.98. The van der Waals surface area contributed by atoms with Gasteiger partial charge in [0.25, 0.3) is 5.95 Å². The number of aromatic amines is 1. The smallest absolute Gasteiger partial charge is 0.289 e. The lowest BCUT2D eigenvalue weighted by Gasteiger charge is -2.02. The molecule has 3 heterocycles. The molecule has 0 spiro atoms. The van der Waals surface area contributed by atoms with Crippen LogP contribution < -0.4 is 0 Å². The summed E-state index contributed by atoms with van der Waals surface area (Å²) in [4.78, 5) is 11.8. The molecule has 1 atom stereocenters. The standard InChI is InChI=1S/C16H13N7/c1-10(12-7-4-5-9-17-12)20-22-16-19-15-14(21-23-16)11-6-2-3-8-13(11)18-15/h2-10H,1H3,(H,18,19,23). The van der Waals surface area contributed by atoms with E-state index >= 15 is 0 Å². The van der Waals surface area contributed by atoms with Crippen molar-refractivity contribution < 1.29 is 0 Å². The third-order valence-electron chi connectivity index (χ3n) is 3.55. The van der Waals surface area contributed by atoms with Crippen molar-refractivity contribution in [2.75, 3.05) is 0 Å². The highest BCUT2D eigenvalue weighted by atomic mass is 15.3. The monoisotopic (exact) mass is 303 g/mol. The van der Waals surface area contributed by atoms with Crippen molar-refractivity contribution in [1.82, 2.24) is 25.1 Å². The van der Waals surface area contributed by atoms with Crippen LogP contribution in [0.15, 0.2) is 58.9 Å². The number of nitrogens with one attached hydrogen (secondary N) is 1. The molecule has 7 heteroatoms. The minimum Gasteiger partial charge on any atom is -0.338 e. The molecule has 0 bridgehead atoms. The van der Waals surface area contributed by atoms with Gasteiger partial charge < -0.3 is 4.98 Å². The number of benzene rings is 1. The first-order chi connectivity index (χ1) is 11.3. The number of fused-ring (bicyclic) bond motifs is 3. The third-order valence-corrected chi connectivity index (χ3v) is 3.55. The van der Waals surface area contributed by atoms with Gasteiger partial charge in [-0.05, 0) is 25.1 Å². The number of pyridine rings is 1. The number of H-pyrrole nitrogens is 1. The van der Waals surface area contributed by atoms with Crippen molar-refractivity contribution in [3.8, 4) is 0 Å². The Bertz CT molecular complexity index is 991. The summed E-state index contributed by atoms with van der Waals surface area (Å²) in [6, 6.07) is 13.4. The Morgan fingerprint density at radius 3 is 2.78 bits per heavy atom. The second kappa shape index (κ2) is 5.53. The Kier molecular flexibility index (Phi) is 3.23. The lowest BCUT2D eigenvalue weighted by atomic mass is 10.2. The quantitative estimate of drug-likeness (QED) is 0.583. The van der Waals surface area contributed by atoms with Gasteiger partial charge in [0, 0.05) is 17.1 Å². The zero-order valence-electron chi connectivity index (χ0n) is 12.4. The Morgan fingerprint density at radius 2 is 1.91 bits per heavy atom. The van der Waals surface area contributed by atoms with Crippen LogP contribution in [-0.4, -0.2) is 25.1 Å². The fraction of sp³-hybridized carbons (Fsp3) is 0.125. The first kappa shape index (κ1) is 13.4. The van der Waals surface area contributed by atoms with E-state index in [1.807, 2.05) is 49.4 Å². The highest BCUT2D eigenvalue weighted by Crippen LogP contribution is 2.23. The topological polar surface area (TPSA) is 92.1 Å². The maximum atomic E-state index is 4.37. The summed E-state index contributed by atoms with van der Waals surface area (Å²) in [5.41, 5.74) is 3.20. The van der Waals surface area contributed by atoms with Gasteiger partial charge in [0.2, 0.25) is 0 Å². The SMILES string of the molecule is CC(N=Nc1nnc2c(n1)[nH]c1ccccc12)c1ccccn1. The predicted molar refractivity (Wildman–Crippen MR) is 86.4 cm³/mol. The van der Waals surface area contributed by atoms with Crippen LogP contribution in [0.1, 0.15) is 18.7 Å². The van der Waals surface area contributed by atoms with E-state index in [1.165, 1.54) is 0 Å². The summed E-state index contributed by atoms with van der Waals surface area (Å²) in [5, 5.41) is 17.5. The van der Waals surface area contributed by atoms with Crippen molar-refractivity contribution in [3.05, 3.63) is 54.4 Å². The molecule has 3 aromatic heterocycles. The molecule has 4 aromatic rings. The normalized spacial score (nSPS) is 13.1. The molecule has 0 aliphatic carbocycles. The van der Waals surface area contributed by atoms with Crippen LogP contribution in [0.5, 0.6) is 0 Å². The Labute approximate surface area is 131 Å². The van der Waals surface area contributed by atoms with Crippen LogP contribution in [0, 0.1) is 0 Å². The molecule has 1 aromatic carbocycles. The van der Waals surface area contributed by atoms with E-state index in [2.05, 4.69) is 35.4 Å². The van der Waals surface area contributed by atoms with E-state index in [1.54, 1.807) is 6.20 Å². The Morgan fingerprint density at radius 1 is 1.04 bits per heavy atom. The van der Waals surface area contributed by atoms with Crippen LogP contribution in [0.25, 0.3) is 22.1 Å². The third kappa shape index (κ3) is 2.52. The fourth-order valence-corrected chi connectivity index (χ4v) is 2.37. The number of hydrogen-bond acceptors (Lipinski definition) is 6. The number of aromatic nitrogens is 5. The lowest BCUT2D eigenvalue weighted by Crippen LogP contribution is -1.92. The zero-order valence-corrected chi connectivity index (χ0v) is 12.4. The van der Waals surface area contributed by atoms with Gasteiger partial charge in [-0.1, -0.05) is 24.3 Å². The molecular weight excluding hydrogens is 290 g/mol. The van der Waals surface area contributed by atoms with Crippen LogP contribution >= 0.6 is 0 Å². The van der Waals surface area contributed by atoms with Gasteiger partial charge in [0.1, 0.15) is 11.6 Å². The summed E-state index contributed by atoms with van der Waals surface area (Å²) in [6.45, 7) is 1.92. The summed E-state index contributed by atoms with van der Waals surface area (Å²) < 4.78 is 0. The van der Waals surface area contributed by atoms with E-state index in [0.717, 1.165) is 22.1 Å². The highest BCUT2D eigenvalue weighted by Gasteiger charge is 2.09. The number of azo groups is 1. The maximum absolute atomic E-state index is 4.37. The van der Waals surface area contributed by atoms with E-state index in [4.69, 9.17) is 0 Å². The molecule has 0 saturated heterocycles. The van der Waals surface area contributed by atoms with Crippen molar-refractivity contribution in [2.24, 2.45) is 10.2 Å². The average molecular weight is 303 g/mol. The summed E-state index contributed by atoms with van der Waals surface area (Å²) in [6.07, 6.45) is 1.73. The lowest BCUT2D eigenvalue weighted by molar-refractivity contribution is 0.727. The van der Waals surface area contributed by atoms with E-state index in [9.17, 15) is 0 Å². The molecule has 0 radical (unpaired) electrons. The molecule has 1 unspecified atom stereocenters. The largest absolute Gasteiger partial charge is 0.338 e. The zero-order chi connectivity index (χ0) is 15.6. The van der Waals surface area contributed by atoms with Crippen LogP contribution in [0.2, 0.25) is 0 Å². The van der Waals surface area contributed by atoms with E-state index in [0.29, 0.717) is 5.65 Å². The second-order valence-electron chi connectivity index (χ2n) is 5.13. The second-order valence-corrected chi connectivity index (χ2v) is 5.13. The molecule has 7 nitrogen and oxygen atoms in total. The van der Waals surface area contributed by atoms with Crippen LogP contribution in [0.4, 0.5) is 5.95 Å². The van der Waals surface area contributed by atoms with Crippen molar-refractivity contribution in [2.45, 2.75) is 13.0 Å². The molecule has 0 saturated carbocycles. The molecule has 112 valence electrons. The molecule has 0 aliphatic rings. The summed E-state index contributed by atoms with van der Waals surface area (Å²) >= 11 is 0. The van der Waals surface area contributed by atoms with Gasteiger partial charge in [0.15, 0.2) is 5.65 Å². The van der Waals surface area contributed by atoms with Gasteiger partial charge in [-0.25, -0.2) is 0 Å². The number of hydrogen-bond donors (Lipinski definition) is 1. The van der Waals surface area contributed by atoms with Crippen molar-refractivity contribution in [1.29, 1.82) is 0 Å². The van der Waals surface area contributed by atoms with E-state index < -0.39 is 0 Å². The number of nitrogens with zero attached hydrogens (tertiary/aromatic N) is 6. The molecule has 0 amide bonds. The van der Waals surface area contributed by atoms with Gasteiger partial charge in [-0.2, -0.15) is 10.1 Å². The fourth-order valence-electron chi connectivity index (χ4n) is 2.37. The predicted octanol–water partition coefficient (Wildman–Crippen LogP) is 3.75. The van der Waals surface area contributed by atoms with E-state index in [-0.39, 0.29) is 12.0 Å². The molecule has 0 aliphatic heterocycles. The van der Waals surface area contributed by atoms with Gasteiger partial charge in [-0.15, -0.1) is 15.3 Å². The summed E-state index contributed by atoms with van der Waals surface area (Å²) in [7, 11) is 0. The molecule has 4 rings (SSSR count).